The molecule has 0 saturated carbocycles. The number of hydrogen-bond donors (Lipinski definition) is 1. The van der Waals surface area contributed by atoms with Crippen LogP contribution in [0.5, 0.6) is 0 Å². The van der Waals surface area contributed by atoms with Gasteiger partial charge in [0.05, 0.1) is 5.69 Å². The number of rotatable bonds is 4. The van der Waals surface area contributed by atoms with Crippen LogP contribution in [-0.2, 0) is 0 Å². The molecule has 3 nitrogen and oxygen atoms in total. The fraction of sp³-hybridized carbons (Fsp3) is 0.158. The van der Waals surface area contributed by atoms with Crippen LogP contribution in [0.4, 0.5) is 0 Å². The summed E-state index contributed by atoms with van der Waals surface area (Å²) in [6.07, 6.45) is 0. The molecule has 0 aliphatic heterocycles. The molecule has 0 aliphatic rings. The summed E-state index contributed by atoms with van der Waals surface area (Å²) in [4.78, 5) is 17.9. The number of aromatic nitrogens is 1. The number of amides is 1. The highest BCUT2D eigenvalue weighted by atomic mass is 32.1. The lowest BCUT2D eigenvalue weighted by atomic mass is 10.1. The van der Waals surface area contributed by atoms with E-state index in [-0.39, 0.29) is 11.9 Å². The molecular weight excluding hydrogens is 304 g/mol. The zero-order chi connectivity index (χ0) is 16.2. The second-order valence-electron chi connectivity index (χ2n) is 5.56. The second kappa shape index (κ2) is 6.75. The van der Waals surface area contributed by atoms with Crippen molar-refractivity contribution in [2.75, 3.05) is 0 Å². The van der Waals surface area contributed by atoms with E-state index >= 15 is 0 Å². The highest BCUT2D eigenvalue weighted by Gasteiger charge is 2.20. The Morgan fingerprint density at radius 3 is 2.09 bits per heavy atom. The van der Waals surface area contributed by atoms with Gasteiger partial charge in [0.25, 0.3) is 5.91 Å². The van der Waals surface area contributed by atoms with Crippen LogP contribution >= 0.6 is 11.3 Å². The number of benzene rings is 2. The fourth-order valence-corrected chi connectivity index (χ4v) is 3.29. The van der Waals surface area contributed by atoms with Gasteiger partial charge in [-0.1, -0.05) is 60.7 Å². The summed E-state index contributed by atoms with van der Waals surface area (Å²) in [7, 11) is 0. The first-order valence-electron chi connectivity index (χ1n) is 7.57. The molecule has 1 amide bonds. The van der Waals surface area contributed by atoms with Crippen molar-refractivity contribution in [2.24, 2.45) is 0 Å². The van der Waals surface area contributed by atoms with Crippen LogP contribution in [-0.4, -0.2) is 16.9 Å². The van der Waals surface area contributed by atoms with Gasteiger partial charge in [-0.05, 0) is 13.8 Å². The average Bonchev–Trinajstić information content (AvgIpc) is 3.01. The third kappa shape index (κ3) is 3.48. The van der Waals surface area contributed by atoms with Gasteiger partial charge >= 0.3 is 0 Å². The van der Waals surface area contributed by atoms with E-state index in [1.807, 2.05) is 74.5 Å². The molecule has 0 spiro atoms. The third-order valence-electron chi connectivity index (χ3n) is 3.32. The minimum absolute atomic E-state index is 0.0708. The largest absolute Gasteiger partial charge is 0.349 e. The summed E-state index contributed by atoms with van der Waals surface area (Å²) in [5, 5.41) is 3.83. The number of nitrogens with zero attached hydrogens (tertiary/aromatic N) is 1. The van der Waals surface area contributed by atoms with Gasteiger partial charge in [-0.2, -0.15) is 0 Å². The molecule has 0 saturated heterocycles. The first kappa shape index (κ1) is 15.4. The zero-order valence-corrected chi connectivity index (χ0v) is 13.9. The molecule has 2 aromatic carbocycles. The number of carbonyl (C=O) groups is 1. The van der Waals surface area contributed by atoms with Crippen molar-refractivity contribution in [1.82, 2.24) is 10.3 Å². The van der Waals surface area contributed by atoms with Gasteiger partial charge in [-0.3, -0.25) is 4.79 Å². The zero-order valence-electron chi connectivity index (χ0n) is 13.1. The Morgan fingerprint density at radius 2 is 1.52 bits per heavy atom. The lowest BCUT2D eigenvalue weighted by Crippen LogP contribution is -2.29. The van der Waals surface area contributed by atoms with Crippen LogP contribution in [0.15, 0.2) is 60.7 Å². The van der Waals surface area contributed by atoms with Crippen molar-refractivity contribution in [3.05, 3.63) is 65.5 Å². The summed E-state index contributed by atoms with van der Waals surface area (Å²) in [5.41, 5.74) is 2.73. The van der Waals surface area contributed by atoms with Gasteiger partial charge in [0.15, 0.2) is 0 Å². The Kier molecular flexibility index (Phi) is 4.53. The van der Waals surface area contributed by atoms with E-state index in [1.165, 1.54) is 11.3 Å². The van der Waals surface area contributed by atoms with Gasteiger partial charge in [0.2, 0.25) is 0 Å². The van der Waals surface area contributed by atoms with Crippen LogP contribution in [0.1, 0.15) is 23.5 Å². The van der Waals surface area contributed by atoms with E-state index in [1.54, 1.807) is 0 Å². The van der Waals surface area contributed by atoms with E-state index in [4.69, 9.17) is 4.98 Å². The maximum atomic E-state index is 12.6. The smallest absolute Gasteiger partial charge is 0.263 e. The topological polar surface area (TPSA) is 42.0 Å². The average molecular weight is 322 g/mol. The predicted octanol–water partition coefficient (Wildman–Crippen LogP) is 4.62. The minimum atomic E-state index is -0.0708. The Labute approximate surface area is 140 Å². The molecule has 1 N–H and O–H groups in total. The molecule has 3 rings (SSSR count). The highest BCUT2D eigenvalue weighted by molar-refractivity contribution is 7.17. The van der Waals surface area contributed by atoms with E-state index in [2.05, 4.69) is 5.32 Å². The molecule has 0 bridgehead atoms. The number of nitrogens with one attached hydrogen (secondary N) is 1. The minimum Gasteiger partial charge on any atom is -0.349 e. The maximum absolute atomic E-state index is 12.6. The predicted molar refractivity (Wildman–Crippen MR) is 95.6 cm³/mol. The van der Waals surface area contributed by atoms with Gasteiger partial charge in [0.1, 0.15) is 9.88 Å². The van der Waals surface area contributed by atoms with Gasteiger partial charge in [-0.15, -0.1) is 11.3 Å². The molecule has 1 aromatic heterocycles. The fourth-order valence-electron chi connectivity index (χ4n) is 2.30. The quantitative estimate of drug-likeness (QED) is 0.762. The van der Waals surface area contributed by atoms with Crippen LogP contribution < -0.4 is 5.32 Å². The normalized spacial score (nSPS) is 10.7. The number of hydrogen-bond acceptors (Lipinski definition) is 3. The van der Waals surface area contributed by atoms with E-state index in [0.717, 1.165) is 21.8 Å². The Hall–Kier alpha value is -2.46. The molecular formula is C19H18N2OS. The summed E-state index contributed by atoms with van der Waals surface area (Å²) in [6.45, 7) is 3.92. The summed E-state index contributed by atoms with van der Waals surface area (Å²) in [5.74, 6) is -0.0708. The molecule has 23 heavy (non-hydrogen) atoms. The standard InChI is InChI=1S/C19H18N2OS/c1-13(2)20-18(22)17-16(14-9-5-3-6-10-14)21-19(23-17)15-11-7-4-8-12-15/h3-13H,1-2H3,(H,20,22). The molecule has 4 heteroatoms. The molecule has 0 atom stereocenters. The molecule has 0 fully saturated rings. The summed E-state index contributed by atoms with van der Waals surface area (Å²) < 4.78 is 0. The van der Waals surface area contributed by atoms with Gasteiger partial charge in [-0.25, -0.2) is 4.98 Å². The summed E-state index contributed by atoms with van der Waals surface area (Å²) in [6, 6.07) is 19.9. The Balaban J connectivity index is 2.09. The van der Waals surface area contributed by atoms with E-state index < -0.39 is 0 Å². The van der Waals surface area contributed by atoms with Crippen LogP contribution in [0.2, 0.25) is 0 Å². The van der Waals surface area contributed by atoms with Crippen molar-refractivity contribution in [3.8, 4) is 21.8 Å². The summed E-state index contributed by atoms with van der Waals surface area (Å²) >= 11 is 1.43. The number of thiazole rings is 1. The van der Waals surface area contributed by atoms with Crippen molar-refractivity contribution in [3.63, 3.8) is 0 Å². The molecule has 3 aromatic rings. The Bertz CT molecular complexity index is 795. The molecule has 0 unspecified atom stereocenters. The van der Waals surface area contributed by atoms with Crippen LogP contribution in [0, 0.1) is 0 Å². The first-order chi connectivity index (χ1) is 11.1. The molecule has 1 heterocycles. The van der Waals surface area contributed by atoms with Crippen LogP contribution in [0.3, 0.4) is 0 Å². The Morgan fingerprint density at radius 1 is 0.957 bits per heavy atom. The first-order valence-corrected chi connectivity index (χ1v) is 8.39. The number of carbonyl (C=O) groups excluding carboxylic acids is 1. The molecule has 116 valence electrons. The van der Waals surface area contributed by atoms with Crippen molar-refractivity contribution >= 4 is 17.2 Å². The monoisotopic (exact) mass is 322 g/mol. The third-order valence-corrected chi connectivity index (χ3v) is 4.42. The van der Waals surface area contributed by atoms with Gasteiger partial charge < -0.3 is 5.32 Å². The lowest BCUT2D eigenvalue weighted by Gasteiger charge is -2.07. The lowest BCUT2D eigenvalue weighted by molar-refractivity contribution is 0.0947. The highest BCUT2D eigenvalue weighted by Crippen LogP contribution is 2.33. The van der Waals surface area contributed by atoms with Crippen molar-refractivity contribution in [1.29, 1.82) is 0 Å². The maximum Gasteiger partial charge on any atom is 0.263 e. The van der Waals surface area contributed by atoms with Crippen molar-refractivity contribution in [2.45, 2.75) is 19.9 Å². The second-order valence-corrected chi connectivity index (χ2v) is 6.56. The van der Waals surface area contributed by atoms with E-state index in [9.17, 15) is 4.79 Å². The van der Waals surface area contributed by atoms with Gasteiger partial charge in [0, 0.05) is 17.2 Å². The molecule has 0 radical (unpaired) electrons. The SMILES string of the molecule is CC(C)NC(=O)c1sc(-c2ccccc2)nc1-c1ccccc1. The molecule has 0 aliphatic carbocycles. The van der Waals surface area contributed by atoms with Crippen LogP contribution in [0.25, 0.3) is 21.8 Å². The van der Waals surface area contributed by atoms with Crippen molar-refractivity contribution < 1.29 is 4.79 Å². The van der Waals surface area contributed by atoms with E-state index in [0.29, 0.717) is 4.88 Å².